The summed E-state index contributed by atoms with van der Waals surface area (Å²) >= 11 is 0. The van der Waals surface area contributed by atoms with Crippen molar-refractivity contribution in [2.75, 3.05) is 32.5 Å². The average molecular weight is 310 g/mol. The van der Waals surface area contributed by atoms with Crippen molar-refractivity contribution in [1.29, 1.82) is 5.26 Å². The zero-order valence-electron chi connectivity index (χ0n) is 12.1. The molecule has 0 unspecified atom stereocenters. The van der Waals surface area contributed by atoms with Crippen LogP contribution in [0, 0.1) is 11.3 Å². The summed E-state index contributed by atoms with van der Waals surface area (Å²) < 4.78 is 28.9. The molecule has 0 fully saturated rings. The Bertz CT molecular complexity index is 617. The molecule has 0 heterocycles. The van der Waals surface area contributed by atoms with Crippen LogP contribution >= 0.6 is 0 Å². The molecule has 1 aromatic rings. The van der Waals surface area contributed by atoms with Gasteiger partial charge in [0, 0.05) is 6.54 Å². The van der Waals surface area contributed by atoms with Gasteiger partial charge in [0.05, 0.1) is 35.9 Å². The summed E-state index contributed by atoms with van der Waals surface area (Å²) in [4.78, 5) is 13.1. The number of rotatable bonds is 7. The van der Waals surface area contributed by atoms with Crippen LogP contribution in [0.2, 0.25) is 0 Å². The molecule has 7 heteroatoms. The van der Waals surface area contributed by atoms with Crippen LogP contribution in [0.1, 0.15) is 12.5 Å². The maximum Gasteiger partial charge on any atom is 0.319 e. The first-order valence-electron chi connectivity index (χ1n) is 6.45. The van der Waals surface area contributed by atoms with E-state index in [9.17, 15) is 13.2 Å². The smallest absolute Gasteiger partial charge is 0.319 e. The van der Waals surface area contributed by atoms with Gasteiger partial charge in [0.25, 0.3) is 0 Å². The molecule has 114 valence electrons. The van der Waals surface area contributed by atoms with E-state index in [1.807, 2.05) is 13.0 Å². The Hall–Kier alpha value is -1.91. The van der Waals surface area contributed by atoms with Gasteiger partial charge in [-0.3, -0.25) is 9.69 Å². The topological polar surface area (TPSA) is 87.5 Å². The number of ether oxygens (including phenoxy) is 1. The van der Waals surface area contributed by atoms with Crippen molar-refractivity contribution in [2.24, 2.45) is 0 Å². The summed E-state index contributed by atoms with van der Waals surface area (Å²) in [6.45, 7) is 2.71. The third-order valence-electron chi connectivity index (χ3n) is 3.05. The van der Waals surface area contributed by atoms with Gasteiger partial charge in [0.2, 0.25) is 0 Å². The highest BCUT2D eigenvalue weighted by Crippen LogP contribution is 2.12. The first-order chi connectivity index (χ1) is 9.92. The minimum absolute atomic E-state index is 0.0654. The average Bonchev–Trinajstić information content (AvgIpc) is 2.51. The third-order valence-corrected chi connectivity index (χ3v) is 4.76. The third kappa shape index (κ3) is 5.17. The fraction of sp³-hybridized carbons (Fsp3) is 0.429. The second-order valence-corrected chi connectivity index (χ2v) is 6.51. The molecular formula is C14H18N2O4S. The maximum atomic E-state index is 12.2. The van der Waals surface area contributed by atoms with E-state index < -0.39 is 15.8 Å². The molecule has 0 bridgehead atoms. The second-order valence-electron chi connectivity index (χ2n) is 4.40. The number of sulfone groups is 1. The highest BCUT2D eigenvalue weighted by molar-refractivity contribution is 7.91. The lowest BCUT2D eigenvalue weighted by molar-refractivity contribution is -0.141. The van der Waals surface area contributed by atoms with Gasteiger partial charge in [-0.2, -0.15) is 5.26 Å². The maximum absolute atomic E-state index is 12.2. The first-order valence-corrected chi connectivity index (χ1v) is 8.10. The van der Waals surface area contributed by atoms with Crippen LogP contribution in [0.15, 0.2) is 29.2 Å². The molecule has 0 aliphatic carbocycles. The van der Waals surface area contributed by atoms with Gasteiger partial charge in [-0.05, 0) is 30.8 Å². The predicted molar refractivity (Wildman–Crippen MR) is 77.3 cm³/mol. The lowest BCUT2D eigenvalue weighted by Gasteiger charge is -2.18. The largest absolute Gasteiger partial charge is 0.468 e. The number of methoxy groups -OCH3 is 1. The standard InChI is InChI=1S/C14H18N2O4S/c1-3-16(11-14(17)20-2)8-9-21(18,19)13-6-4-12(10-15)5-7-13/h4-7H,3,8-9,11H2,1-2H3. The summed E-state index contributed by atoms with van der Waals surface area (Å²) in [5.41, 5.74) is 0.412. The number of hydrogen-bond acceptors (Lipinski definition) is 6. The fourth-order valence-corrected chi connectivity index (χ4v) is 2.99. The van der Waals surface area contributed by atoms with E-state index in [2.05, 4.69) is 4.74 Å². The van der Waals surface area contributed by atoms with E-state index in [4.69, 9.17) is 5.26 Å². The number of nitriles is 1. The number of benzene rings is 1. The van der Waals surface area contributed by atoms with Crippen LogP contribution in [0.4, 0.5) is 0 Å². The quantitative estimate of drug-likeness (QED) is 0.693. The van der Waals surface area contributed by atoms with Crippen molar-refractivity contribution < 1.29 is 17.9 Å². The normalized spacial score (nSPS) is 11.1. The molecule has 0 amide bonds. The van der Waals surface area contributed by atoms with E-state index >= 15 is 0 Å². The molecule has 1 rings (SSSR count). The molecule has 6 nitrogen and oxygen atoms in total. The number of likely N-dealkylation sites (N-methyl/N-ethyl adjacent to an activating group) is 1. The fourth-order valence-electron chi connectivity index (χ4n) is 1.70. The molecule has 0 saturated carbocycles. The van der Waals surface area contributed by atoms with E-state index in [1.165, 1.54) is 31.4 Å². The van der Waals surface area contributed by atoms with Gasteiger partial charge in [-0.25, -0.2) is 8.42 Å². The van der Waals surface area contributed by atoms with Crippen LogP contribution in [0.3, 0.4) is 0 Å². The monoisotopic (exact) mass is 310 g/mol. The number of hydrogen-bond donors (Lipinski definition) is 0. The Morgan fingerprint density at radius 3 is 2.43 bits per heavy atom. The minimum Gasteiger partial charge on any atom is -0.468 e. The molecule has 21 heavy (non-hydrogen) atoms. The lowest BCUT2D eigenvalue weighted by Crippen LogP contribution is -2.34. The molecule has 0 saturated heterocycles. The summed E-state index contributed by atoms with van der Waals surface area (Å²) in [5, 5.41) is 8.70. The first kappa shape index (κ1) is 17.1. The number of carbonyl (C=O) groups is 1. The van der Waals surface area contributed by atoms with E-state index in [0.29, 0.717) is 12.1 Å². The Morgan fingerprint density at radius 1 is 1.33 bits per heavy atom. The molecule has 0 radical (unpaired) electrons. The van der Waals surface area contributed by atoms with Gasteiger partial charge < -0.3 is 4.74 Å². The molecule has 1 aromatic carbocycles. The SMILES string of the molecule is CCN(CCS(=O)(=O)c1ccc(C#N)cc1)CC(=O)OC. The summed E-state index contributed by atoms with van der Waals surface area (Å²) in [6.07, 6.45) is 0. The van der Waals surface area contributed by atoms with Crippen LogP contribution in [-0.4, -0.2) is 51.8 Å². The Labute approximate surface area is 124 Å². The minimum atomic E-state index is -3.44. The lowest BCUT2D eigenvalue weighted by atomic mass is 10.2. The van der Waals surface area contributed by atoms with Gasteiger partial charge >= 0.3 is 5.97 Å². The van der Waals surface area contributed by atoms with Gasteiger partial charge in [-0.15, -0.1) is 0 Å². The van der Waals surface area contributed by atoms with Crippen molar-refractivity contribution in [3.63, 3.8) is 0 Å². The van der Waals surface area contributed by atoms with Crippen molar-refractivity contribution in [3.05, 3.63) is 29.8 Å². The van der Waals surface area contributed by atoms with Gasteiger partial charge in [-0.1, -0.05) is 6.92 Å². The van der Waals surface area contributed by atoms with Gasteiger partial charge in [0.1, 0.15) is 0 Å². The van der Waals surface area contributed by atoms with Crippen molar-refractivity contribution >= 4 is 15.8 Å². The molecular weight excluding hydrogens is 292 g/mol. The summed E-state index contributed by atoms with van der Waals surface area (Å²) in [5.74, 6) is -0.489. The van der Waals surface area contributed by atoms with Crippen LogP contribution in [-0.2, 0) is 19.4 Å². The van der Waals surface area contributed by atoms with Gasteiger partial charge in [0.15, 0.2) is 9.84 Å². The Kier molecular flexibility index (Phi) is 6.34. The predicted octanol–water partition coefficient (Wildman–Crippen LogP) is 0.827. The van der Waals surface area contributed by atoms with Crippen LogP contribution in [0.25, 0.3) is 0 Å². The molecule has 0 N–H and O–H groups in total. The number of nitrogens with zero attached hydrogens (tertiary/aromatic N) is 2. The van der Waals surface area contributed by atoms with Crippen molar-refractivity contribution in [3.8, 4) is 6.07 Å². The van der Waals surface area contributed by atoms with E-state index in [0.717, 1.165) is 0 Å². The highest BCUT2D eigenvalue weighted by Gasteiger charge is 2.17. The summed E-state index contributed by atoms with van der Waals surface area (Å²) in [7, 11) is -2.14. The van der Waals surface area contributed by atoms with E-state index in [1.54, 1.807) is 4.90 Å². The van der Waals surface area contributed by atoms with Crippen LogP contribution in [0.5, 0.6) is 0 Å². The number of esters is 1. The highest BCUT2D eigenvalue weighted by atomic mass is 32.2. The molecule has 0 aliphatic heterocycles. The molecule has 0 atom stereocenters. The van der Waals surface area contributed by atoms with E-state index in [-0.39, 0.29) is 23.7 Å². The molecule has 0 aliphatic rings. The number of carbonyl (C=O) groups excluding carboxylic acids is 1. The summed E-state index contributed by atoms with van der Waals surface area (Å²) in [6, 6.07) is 7.72. The molecule has 0 aromatic heterocycles. The zero-order valence-corrected chi connectivity index (χ0v) is 12.9. The molecule has 0 spiro atoms. The Morgan fingerprint density at radius 2 is 1.95 bits per heavy atom. The van der Waals surface area contributed by atoms with Crippen LogP contribution < -0.4 is 0 Å². The Balaban J connectivity index is 2.71. The van der Waals surface area contributed by atoms with Crippen molar-refractivity contribution in [1.82, 2.24) is 4.90 Å². The second kappa shape index (κ2) is 7.76. The van der Waals surface area contributed by atoms with Crippen molar-refractivity contribution in [2.45, 2.75) is 11.8 Å². The zero-order chi connectivity index (χ0) is 15.9.